The minimum absolute atomic E-state index is 0.0172. The lowest BCUT2D eigenvalue weighted by Gasteiger charge is -2.39. The van der Waals surface area contributed by atoms with Crippen molar-refractivity contribution in [3.63, 3.8) is 0 Å². The van der Waals surface area contributed by atoms with Crippen molar-refractivity contribution in [3.05, 3.63) is 29.8 Å². The summed E-state index contributed by atoms with van der Waals surface area (Å²) >= 11 is 0. The molecule has 1 aromatic carbocycles. The van der Waals surface area contributed by atoms with Crippen LogP contribution in [0.1, 0.15) is 61.7 Å². The quantitative estimate of drug-likeness (QED) is 0.819. The number of amides is 4. The lowest BCUT2D eigenvalue weighted by Crippen LogP contribution is -2.51. The number of primary amides is 1. The maximum atomic E-state index is 13.1. The third-order valence-electron chi connectivity index (χ3n) is 6.67. The number of nitrogens with zero attached hydrogens (tertiary/aromatic N) is 2. The molecule has 2 saturated heterocycles. The highest BCUT2D eigenvalue weighted by molar-refractivity contribution is 6.03. The topological polar surface area (TPSA) is 95.7 Å². The van der Waals surface area contributed by atoms with E-state index in [4.69, 9.17) is 5.73 Å². The Morgan fingerprint density at radius 3 is 2.34 bits per heavy atom. The summed E-state index contributed by atoms with van der Waals surface area (Å²) in [5.41, 5.74) is 6.35. The molecule has 7 heteroatoms. The summed E-state index contributed by atoms with van der Waals surface area (Å²) in [6.45, 7) is 2.05. The number of benzene rings is 1. The van der Waals surface area contributed by atoms with Crippen molar-refractivity contribution in [1.29, 1.82) is 0 Å². The molecule has 156 valence electrons. The zero-order chi connectivity index (χ0) is 20.4. The highest BCUT2D eigenvalue weighted by atomic mass is 16.2. The van der Waals surface area contributed by atoms with E-state index in [1.54, 1.807) is 12.1 Å². The number of piperidine rings is 1. The predicted molar refractivity (Wildman–Crippen MR) is 110 cm³/mol. The van der Waals surface area contributed by atoms with Gasteiger partial charge in [-0.3, -0.25) is 9.59 Å². The number of anilines is 1. The third kappa shape index (κ3) is 4.09. The van der Waals surface area contributed by atoms with Crippen LogP contribution >= 0.6 is 0 Å². The molecule has 1 atom stereocenters. The second kappa shape index (κ2) is 8.05. The van der Waals surface area contributed by atoms with E-state index in [0.29, 0.717) is 30.6 Å². The summed E-state index contributed by atoms with van der Waals surface area (Å²) in [5, 5.41) is 2.98. The summed E-state index contributed by atoms with van der Waals surface area (Å²) in [7, 11) is 0. The molecule has 29 heavy (non-hydrogen) atoms. The minimum atomic E-state index is -0.273. The summed E-state index contributed by atoms with van der Waals surface area (Å²) in [6, 6.07) is 7.05. The zero-order valence-corrected chi connectivity index (χ0v) is 16.9. The average molecular weight is 399 g/mol. The van der Waals surface area contributed by atoms with E-state index >= 15 is 0 Å². The standard InChI is InChI=1S/C22H30N4O3/c23-19(27)16-9-14-26(22(15-16)10-11-22)21(29)24-18-8-4-3-7-17(18)20(28)25-12-5-1-2-6-13-25/h3-4,7-8,16H,1-2,5-6,9-15H2,(H2,23,27)(H,24,29). The fraction of sp³-hybridized carbons (Fsp3) is 0.591. The van der Waals surface area contributed by atoms with Gasteiger partial charge in [0, 0.05) is 31.1 Å². The van der Waals surface area contributed by atoms with Crippen molar-refractivity contribution < 1.29 is 14.4 Å². The van der Waals surface area contributed by atoms with Gasteiger partial charge in [-0.2, -0.15) is 0 Å². The summed E-state index contributed by atoms with van der Waals surface area (Å²) in [5.74, 6) is -0.445. The van der Waals surface area contributed by atoms with Gasteiger partial charge in [-0.25, -0.2) is 4.79 Å². The Bertz CT molecular complexity index is 797. The molecular weight excluding hydrogens is 368 g/mol. The van der Waals surface area contributed by atoms with Crippen molar-refractivity contribution in [1.82, 2.24) is 9.80 Å². The molecule has 1 spiro atoms. The normalized spacial score (nSPS) is 23.4. The van der Waals surface area contributed by atoms with Crippen LogP contribution in [0.2, 0.25) is 0 Å². The van der Waals surface area contributed by atoms with Gasteiger partial charge in [0.2, 0.25) is 5.91 Å². The Labute approximate surface area is 171 Å². The molecule has 1 aliphatic carbocycles. The van der Waals surface area contributed by atoms with E-state index < -0.39 is 0 Å². The Hall–Kier alpha value is -2.57. The SMILES string of the molecule is NC(=O)C1CCN(C(=O)Nc2ccccc2C(=O)N2CCCCCC2)C2(CC2)C1. The molecule has 2 heterocycles. The first-order chi connectivity index (χ1) is 14.0. The Morgan fingerprint density at radius 1 is 1.00 bits per heavy atom. The molecule has 4 rings (SSSR count). The molecule has 3 fully saturated rings. The van der Waals surface area contributed by atoms with Crippen LogP contribution < -0.4 is 11.1 Å². The van der Waals surface area contributed by atoms with Crippen LogP contribution in [-0.4, -0.2) is 52.8 Å². The number of para-hydroxylation sites is 1. The van der Waals surface area contributed by atoms with Gasteiger partial charge < -0.3 is 20.9 Å². The first-order valence-corrected chi connectivity index (χ1v) is 10.8. The number of nitrogens with two attached hydrogens (primary N) is 1. The number of carbonyl (C=O) groups excluding carboxylic acids is 3. The monoisotopic (exact) mass is 398 g/mol. The largest absolute Gasteiger partial charge is 0.369 e. The zero-order valence-electron chi connectivity index (χ0n) is 16.9. The van der Waals surface area contributed by atoms with Crippen molar-refractivity contribution >= 4 is 23.5 Å². The van der Waals surface area contributed by atoms with Crippen LogP contribution in [0, 0.1) is 5.92 Å². The number of urea groups is 1. The molecule has 1 saturated carbocycles. The summed E-state index contributed by atoms with van der Waals surface area (Å²) < 4.78 is 0. The van der Waals surface area contributed by atoms with E-state index in [2.05, 4.69) is 5.32 Å². The number of nitrogens with one attached hydrogen (secondary N) is 1. The van der Waals surface area contributed by atoms with Crippen molar-refractivity contribution in [2.45, 2.75) is 56.9 Å². The molecule has 3 aliphatic rings. The molecule has 1 unspecified atom stereocenters. The fourth-order valence-electron chi connectivity index (χ4n) is 4.78. The second-order valence-electron chi connectivity index (χ2n) is 8.65. The molecule has 1 aromatic rings. The Kier molecular flexibility index (Phi) is 5.48. The predicted octanol–water partition coefficient (Wildman–Crippen LogP) is 2.96. The first-order valence-electron chi connectivity index (χ1n) is 10.8. The molecule has 3 N–H and O–H groups in total. The van der Waals surface area contributed by atoms with Crippen LogP contribution in [0.5, 0.6) is 0 Å². The minimum Gasteiger partial charge on any atom is -0.369 e. The molecule has 7 nitrogen and oxygen atoms in total. The average Bonchev–Trinajstić information content (AvgIpc) is 3.52. The third-order valence-corrected chi connectivity index (χ3v) is 6.67. The maximum absolute atomic E-state index is 13.1. The molecular formula is C22H30N4O3. The summed E-state index contributed by atoms with van der Waals surface area (Å²) in [6.07, 6.45) is 7.41. The van der Waals surface area contributed by atoms with E-state index in [0.717, 1.165) is 51.6 Å². The van der Waals surface area contributed by atoms with Crippen LogP contribution in [0.15, 0.2) is 24.3 Å². The Balaban J connectivity index is 1.48. The first kappa shape index (κ1) is 19.7. The van der Waals surface area contributed by atoms with Crippen LogP contribution in [0.3, 0.4) is 0 Å². The van der Waals surface area contributed by atoms with Crippen molar-refractivity contribution in [3.8, 4) is 0 Å². The number of rotatable bonds is 3. The molecule has 2 aliphatic heterocycles. The van der Waals surface area contributed by atoms with Gasteiger partial charge in [-0.15, -0.1) is 0 Å². The van der Waals surface area contributed by atoms with Gasteiger partial charge in [0.1, 0.15) is 0 Å². The van der Waals surface area contributed by atoms with Gasteiger partial charge in [-0.1, -0.05) is 25.0 Å². The molecule has 4 amide bonds. The van der Waals surface area contributed by atoms with E-state index in [-0.39, 0.29) is 29.3 Å². The van der Waals surface area contributed by atoms with Crippen molar-refractivity contribution in [2.75, 3.05) is 25.0 Å². The van der Waals surface area contributed by atoms with Crippen LogP contribution in [0.25, 0.3) is 0 Å². The van der Waals surface area contributed by atoms with Crippen LogP contribution in [0.4, 0.5) is 10.5 Å². The molecule has 0 bridgehead atoms. The number of carbonyl (C=O) groups is 3. The van der Waals surface area contributed by atoms with Gasteiger partial charge in [0.15, 0.2) is 0 Å². The number of hydrogen-bond acceptors (Lipinski definition) is 3. The molecule has 0 aromatic heterocycles. The number of likely N-dealkylation sites (tertiary alicyclic amines) is 2. The van der Waals surface area contributed by atoms with E-state index in [1.165, 1.54) is 0 Å². The van der Waals surface area contributed by atoms with Gasteiger partial charge in [0.25, 0.3) is 5.91 Å². The van der Waals surface area contributed by atoms with Crippen molar-refractivity contribution in [2.24, 2.45) is 11.7 Å². The van der Waals surface area contributed by atoms with E-state index in [1.807, 2.05) is 21.9 Å². The smallest absolute Gasteiger partial charge is 0.322 e. The van der Waals surface area contributed by atoms with E-state index in [9.17, 15) is 14.4 Å². The fourth-order valence-corrected chi connectivity index (χ4v) is 4.78. The summed E-state index contributed by atoms with van der Waals surface area (Å²) in [4.78, 5) is 41.5. The lowest BCUT2D eigenvalue weighted by atomic mass is 9.88. The number of hydrogen-bond donors (Lipinski definition) is 2. The van der Waals surface area contributed by atoms with Gasteiger partial charge in [0.05, 0.1) is 11.3 Å². The highest BCUT2D eigenvalue weighted by Gasteiger charge is 2.54. The molecule has 0 radical (unpaired) electrons. The maximum Gasteiger partial charge on any atom is 0.322 e. The highest BCUT2D eigenvalue weighted by Crippen LogP contribution is 2.50. The lowest BCUT2D eigenvalue weighted by molar-refractivity contribution is -0.123. The van der Waals surface area contributed by atoms with Crippen LogP contribution in [-0.2, 0) is 4.79 Å². The van der Waals surface area contributed by atoms with Gasteiger partial charge in [-0.05, 0) is 50.7 Å². The Morgan fingerprint density at radius 2 is 1.69 bits per heavy atom. The van der Waals surface area contributed by atoms with Gasteiger partial charge >= 0.3 is 6.03 Å². The second-order valence-corrected chi connectivity index (χ2v) is 8.65.